The molecule has 2 heterocycles. The van der Waals surface area contributed by atoms with Crippen LogP contribution >= 0.6 is 12.4 Å². The number of halogens is 1. The molecule has 3 rings (SSSR count). The molecule has 80 valence electrons. The van der Waals surface area contributed by atoms with Crippen LogP contribution in [0.2, 0.25) is 0 Å². The van der Waals surface area contributed by atoms with Crippen molar-refractivity contribution < 1.29 is 0 Å². The maximum atomic E-state index is 4.24. The highest BCUT2D eigenvalue weighted by Gasteiger charge is 2.03. The van der Waals surface area contributed by atoms with Crippen molar-refractivity contribution in [3.05, 3.63) is 36.5 Å². The Kier molecular flexibility index (Phi) is 2.78. The summed E-state index contributed by atoms with van der Waals surface area (Å²) in [5, 5.41) is 14.9. The van der Waals surface area contributed by atoms with Gasteiger partial charge in [-0.2, -0.15) is 5.21 Å². The fraction of sp³-hybridized carbons (Fsp3) is 0. The zero-order valence-corrected chi connectivity index (χ0v) is 8.98. The maximum Gasteiger partial charge on any atom is 0.204 e. The van der Waals surface area contributed by atoms with Crippen LogP contribution in [0.3, 0.4) is 0 Å². The lowest BCUT2D eigenvalue weighted by Crippen LogP contribution is -1.83. The third-order valence-electron chi connectivity index (χ3n) is 2.21. The monoisotopic (exact) mass is 233 g/mol. The van der Waals surface area contributed by atoms with Crippen molar-refractivity contribution in [1.82, 2.24) is 25.6 Å². The van der Waals surface area contributed by atoms with Gasteiger partial charge in [0.15, 0.2) is 0 Å². The summed E-state index contributed by atoms with van der Waals surface area (Å²) in [4.78, 5) is 4.24. The van der Waals surface area contributed by atoms with Gasteiger partial charge in [-0.1, -0.05) is 6.07 Å². The molecule has 0 atom stereocenters. The first-order valence-corrected chi connectivity index (χ1v) is 4.52. The first-order chi connectivity index (χ1) is 7.43. The first-order valence-electron chi connectivity index (χ1n) is 4.52. The van der Waals surface area contributed by atoms with Gasteiger partial charge in [-0.25, -0.2) is 0 Å². The fourth-order valence-corrected chi connectivity index (χ4v) is 1.50. The van der Waals surface area contributed by atoms with E-state index in [4.69, 9.17) is 0 Å². The van der Waals surface area contributed by atoms with Crippen molar-refractivity contribution in [2.24, 2.45) is 0 Å². The van der Waals surface area contributed by atoms with Crippen LogP contribution in [0.25, 0.3) is 22.3 Å². The molecule has 0 fully saturated rings. The number of nitrogens with zero attached hydrogens (tertiary/aromatic N) is 4. The second-order valence-electron chi connectivity index (χ2n) is 3.15. The van der Waals surface area contributed by atoms with Crippen LogP contribution in [-0.2, 0) is 0 Å². The average Bonchev–Trinajstić information content (AvgIpc) is 2.82. The second-order valence-corrected chi connectivity index (χ2v) is 3.15. The summed E-state index contributed by atoms with van der Waals surface area (Å²) in [7, 11) is 0. The van der Waals surface area contributed by atoms with E-state index in [9.17, 15) is 0 Å². The number of fused-ring (bicyclic) bond motifs is 1. The number of rotatable bonds is 1. The molecule has 2 aromatic heterocycles. The molecule has 0 saturated carbocycles. The molecule has 0 spiro atoms. The molecule has 0 saturated heterocycles. The summed E-state index contributed by atoms with van der Waals surface area (Å²) in [6.45, 7) is 0. The Morgan fingerprint density at radius 1 is 1.12 bits per heavy atom. The molecule has 0 radical (unpaired) electrons. The molecule has 0 aliphatic carbocycles. The molecule has 1 N–H and O–H groups in total. The van der Waals surface area contributed by atoms with Crippen molar-refractivity contribution in [1.29, 1.82) is 0 Å². The normalized spacial score (nSPS) is 10.0. The molecule has 0 amide bonds. The van der Waals surface area contributed by atoms with Crippen LogP contribution in [-0.4, -0.2) is 25.6 Å². The second kappa shape index (κ2) is 4.24. The van der Waals surface area contributed by atoms with Crippen LogP contribution in [0.5, 0.6) is 0 Å². The smallest absolute Gasteiger partial charge is 0.204 e. The van der Waals surface area contributed by atoms with E-state index in [2.05, 4.69) is 25.6 Å². The Morgan fingerprint density at radius 3 is 2.88 bits per heavy atom. The highest BCUT2D eigenvalue weighted by Crippen LogP contribution is 2.19. The van der Waals surface area contributed by atoms with Crippen molar-refractivity contribution in [3.63, 3.8) is 0 Å². The standard InChI is InChI=1S/C10H7N5.ClH/c1-2-7-6-8(10-12-14-15-13-10)3-4-9(7)11-5-1;/h1-6H,(H,12,13,14,15);1H. The van der Waals surface area contributed by atoms with Crippen LogP contribution < -0.4 is 0 Å². The molecule has 1 aromatic carbocycles. The van der Waals surface area contributed by atoms with Gasteiger partial charge in [0.05, 0.1) is 5.52 Å². The Morgan fingerprint density at radius 2 is 2.06 bits per heavy atom. The van der Waals surface area contributed by atoms with Gasteiger partial charge >= 0.3 is 0 Å². The number of pyridine rings is 1. The highest BCUT2D eigenvalue weighted by atomic mass is 35.5. The van der Waals surface area contributed by atoms with Gasteiger partial charge in [-0.05, 0) is 29.5 Å². The van der Waals surface area contributed by atoms with E-state index < -0.39 is 0 Å². The molecule has 16 heavy (non-hydrogen) atoms. The largest absolute Gasteiger partial charge is 0.256 e. The number of benzene rings is 1. The SMILES string of the molecule is Cl.c1cnc2ccc(-c3nn[nH]n3)cc2c1. The molecule has 0 aliphatic heterocycles. The van der Waals surface area contributed by atoms with Gasteiger partial charge in [-0.15, -0.1) is 22.6 Å². The van der Waals surface area contributed by atoms with Crippen molar-refractivity contribution >= 4 is 23.3 Å². The Balaban J connectivity index is 0.000000963. The number of hydrogen-bond acceptors (Lipinski definition) is 4. The number of hydrogen-bond donors (Lipinski definition) is 1. The van der Waals surface area contributed by atoms with Gasteiger partial charge in [0.1, 0.15) is 0 Å². The molecule has 3 aromatic rings. The van der Waals surface area contributed by atoms with Crippen molar-refractivity contribution in [2.75, 3.05) is 0 Å². The maximum absolute atomic E-state index is 4.24. The molecule has 0 bridgehead atoms. The minimum Gasteiger partial charge on any atom is -0.256 e. The summed E-state index contributed by atoms with van der Waals surface area (Å²) in [5.74, 6) is 0.598. The summed E-state index contributed by atoms with van der Waals surface area (Å²) < 4.78 is 0. The van der Waals surface area contributed by atoms with Crippen LogP contribution in [0.4, 0.5) is 0 Å². The lowest BCUT2D eigenvalue weighted by molar-refractivity contribution is 0.881. The van der Waals surface area contributed by atoms with E-state index in [0.29, 0.717) is 5.82 Å². The lowest BCUT2D eigenvalue weighted by Gasteiger charge is -1.98. The summed E-state index contributed by atoms with van der Waals surface area (Å²) in [6.07, 6.45) is 1.77. The van der Waals surface area contributed by atoms with Crippen molar-refractivity contribution in [3.8, 4) is 11.4 Å². The molecular formula is C10H8ClN5. The van der Waals surface area contributed by atoms with Gasteiger partial charge in [-0.3, -0.25) is 4.98 Å². The predicted octanol–water partition coefficient (Wildman–Crippen LogP) is 1.84. The molecule has 6 heteroatoms. The van der Waals surface area contributed by atoms with Gasteiger partial charge in [0, 0.05) is 17.1 Å². The zero-order chi connectivity index (χ0) is 10.1. The van der Waals surface area contributed by atoms with Crippen molar-refractivity contribution in [2.45, 2.75) is 0 Å². The van der Waals surface area contributed by atoms with E-state index in [1.54, 1.807) is 6.20 Å². The molecule has 0 aliphatic rings. The average molecular weight is 234 g/mol. The quantitative estimate of drug-likeness (QED) is 0.696. The van der Waals surface area contributed by atoms with E-state index in [0.717, 1.165) is 16.5 Å². The Bertz CT molecular complexity index is 593. The minimum atomic E-state index is 0. The molecular weight excluding hydrogens is 226 g/mol. The van der Waals surface area contributed by atoms with Gasteiger partial charge < -0.3 is 0 Å². The fourth-order valence-electron chi connectivity index (χ4n) is 1.50. The first kappa shape index (κ1) is 10.5. The van der Waals surface area contributed by atoms with Crippen LogP contribution in [0, 0.1) is 0 Å². The van der Waals surface area contributed by atoms with E-state index >= 15 is 0 Å². The van der Waals surface area contributed by atoms with E-state index in [1.807, 2.05) is 30.3 Å². The van der Waals surface area contributed by atoms with Crippen LogP contribution in [0.15, 0.2) is 36.5 Å². The zero-order valence-electron chi connectivity index (χ0n) is 8.16. The Labute approximate surface area is 97.3 Å². The third-order valence-corrected chi connectivity index (χ3v) is 2.21. The predicted molar refractivity (Wildman–Crippen MR) is 62.2 cm³/mol. The number of aromatic amines is 1. The van der Waals surface area contributed by atoms with Gasteiger partial charge in [0.2, 0.25) is 5.82 Å². The topological polar surface area (TPSA) is 67.3 Å². The summed E-state index contributed by atoms with van der Waals surface area (Å²) in [5.41, 5.74) is 1.90. The van der Waals surface area contributed by atoms with E-state index in [1.165, 1.54) is 0 Å². The summed E-state index contributed by atoms with van der Waals surface area (Å²) in [6, 6.07) is 9.78. The van der Waals surface area contributed by atoms with E-state index in [-0.39, 0.29) is 12.4 Å². The number of H-pyrrole nitrogens is 1. The highest BCUT2D eigenvalue weighted by molar-refractivity contribution is 5.85. The summed E-state index contributed by atoms with van der Waals surface area (Å²) >= 11 is 0. The number of nitrogens with one attached hydrogen (secondary N) is 1. The minimum absolute atomic E-state index is 0. The molecule has 5 nitrogen and oxygen atoms in total. The number of tetrazole rings is 1. The molecule has 0 unspecified atom stereocenters. The number of aromatic nitrogens is 5. The van der Waals surface area contributed by atoms with Gasteiger partial charge in [0.25, 0.3) is 0 Å². The third kappa shape index (κ3) is 1.72. The lowest BCUT2D eigenvalue weighted by atomic mass is 10.1. The Hall–Kier alpha value is -2.01. The van der Waals surface area contributed by atoms with Crippen LogP contribution in [0.1, 0.15) is 0 Å².